The van der Waals surface area contributed by atoms with Crippen LogP contribution in [0.3, 0.4) is 0 Å². The Bertz CT molecular complexity index is 496. The lowest BCUT2D eigenvalue weighted by atomic mass is 10.1. The van der Waals surface area contributed by atoms with Crippen molar-refractivity contribution < 1.29 is 13.7 Å². The third-order valence-corrected chi connectivity index (χ3v) is 6.20. The minimum atomic E-state index is -1.22. The van der Waals surface area contributed by atoms with Gasteiger partial charge in [0.15, 0.2) is 0 Å². The highest BCUT2D eigenvalue weighted by atomic mass is 32.2. The zero-order valence-corrected chi connectivity index (χ0v) is 14.2. The van der Waals surface area contributed by atoms with Crippen molar-refractivity contribution in [3.63, 3.8) is 0 Å². The number of hydrogen-bond acceptors (Lipinski definition) is 3. The standard InChI is InChI=1S/C17H25NO3S/c1-3-18(4-2)17(19)16(14-8-6-5-7-9-14)22(20)15-10-12-21-13-11-15/h5-9,15-16H,3-4,10-13H2,1-2H3/t16-,22-/m0/s1. The Morgan fingerprint density at radius 3 is 2.36 bits per heavy atom. The van der Waals surface area contributed by atoms with Crippen molar-refractivity contribution in [1.82, 2.24) is 4.90 Å². The van der Waals surface area contributed by atoms with E-state index < -0.39 is 16.0 Å². The van der Waals surface area contributed by atoms with Gasteiger partial charge in [0.2, 0.25) is 5.91 Å². The van der Waals surface area contributed by atoms with Gasteiger partial charge in [-0.1, -0.05) is 30.3 Å². The van der Waals surface area contributed by atoms with Crippen LogP contribution in [0.15, 0.2) is 30.3 Å². The summed E-state index contributed by atoms with van der Waals surface area (Å²) >= 11 is 0. The molecule has 0 N–H and O–H groups in total. The summed E-state index contributed by atoms with van der Waals surface area (Å²) in [5, 5.41) is -0.525. The minimum Gasteiger partial charge on any atom is -0.381 e. The first kappa shape index (κ1) is 17.2. The molecule has 1 heterocycles. The first-order valence-corrected chi connectivity index (χ1v) is 9.27. The maximum atomic E-state index is 13.1. The lowest BCUT2D eigenvalue weighted by molar-refractivity contribution is -0.130. The number of carbonyl (C=O) groups excluding carboxylic acids is 1. The van der Waals surface area contributed by atoms with Crippen LogP contribution >= 0.6 is 0 Å². The lowest BCUT2D eigenvalue weighted by Gasteiger charge is -2.29. The van der Waals surface area contributed by atoms with E-state index in [0.29, 0.717) is 26.3 Å². The number of benzene rings is 1. The molecule has 1 aromatic carbocycles. The van der Waals surface area contributed by atoms with E-state index in [4.69, 9.17) is 4.74 Å². The van der Waals surface area contributed by atoms with Crippen LogP contribution in [0.5, 0.6) is 0 Å². The van der Waals surface area contributed by atoms with Gasteiger partial charge in [-0.2, -0.15) is 0 Å². The third-order valence-electron chi connectivity index (χ3n) is 4.13. The molecule has 0 aliphatic carbocycles. The lowest BCUT2D eigenvalue weighted by Crippen LogP contribution is -2.39. The highest BCUT2D eigenvalue weighted by molar-refractivity contribution is 7.86. The summed E-state index contributed by atoms with van der Waals surface area (Å²) in [6, 6.07) is 9.53. The Morgan fingerprint density at radius 2 is 1.82 bits per heavy atom. The van der Waals surface area contributed by atoms with Crippen molar-refractivity contribution in [3.05, 3.63) is 35.9 Å². The molecule has 122 valence electrons. The van der Waals surface area contributed by atoms with E-state index in [2.05, 4.69) is 0 Å². The van der Waals surface area contributed by atoms with Gasteiger partial charge < -0.3 is 9.64 Å². The van der Waals surface area contributed by atoms with Crippen LogP contribution in [-0.4, -0.2) is 46.6 Å². The van der Waals surface area contributed by atoms with Gasteiger partial charge in [-0.25, -0.2) is 0 Å². The monoisotopic (exact) mass is 323 g/mol. The Morgan fingerprint density at radius 1 is 1.23 bits per heavy atom. The molecule has 5 heteroatoms. The van der Waals surface area contributed by atoms with Gasteiger partial charge in [0.1, 0.15) is 5.25 Å². The molecule has 0 saturated carbocycles. The first-order chi connectivity index (χ1) is 10.7. The van der Waals surface area contributed by atoms with Crippen LogP contribution < -0.4 is 0 Å². The Labute approximate surface area is 135 Å². The quantitative estimate of drug-likeness (QED) is 0.808. The highest BCUT2D eigenvalue weighted by Crippen LogP contribution is 2.28. The average Bonchev–Trinajstić information content (AvgIpc) is 2.58. The van der Waals surface area contributed by atoms with Crippen LogP contribution in [0.2, 0.25) is 0 Å². The fourth-order valence-electron chi connectivity index (χ4n) is 2.81. The van der Waals surface area contributed by atoms with Gasteiger partial charge in [0.25, 0.3) is 0 Å². The Balaban J connectivity index is 2.28. The number of likely N-dealkylation sites (N-methyl/N-ethyl adjacent to an activating group) is 1. The van der Waals surface area contributed by atoms with Crippen molar-refractivity contribution in [2.24, 2.45) is 0 Å². The van der Waals surface area contributed by atoms with Crippen LogP contribution in [0.25, 0.3) is 0 Å². The smallest absolute Gasteiger partial charge is 0.242 e. The molecule has 1 aliphatic heterocycles. The molecule has 1 amide bonds. The zero-order chi connectivity index (χ0) is 15.9. The second-order valence-corrected chi connectivity index (χ2v) is 7.24. The van der Waals surface area contributed by atoms with E-state index in [1.54, 1.807) is 4.90 Å². The molecule has 1 saturated heterocycles. The molecule has 1 aliphatic rings. The van der Waals surface area contributed by atoms with E-state index in [9.17, 15) is 9.00 Å². The third kappa shape index (κ3) is 3.96. The predicted octanol–water partition coefficient (Wildman–Crippen LogP) is 2.52. The molecule has 0 aromatic heterocycles. The maximum absolute atomic E-state index is 13.1. The number of carbonyl (C=O) groups is 1. The SMILES string of the molecule is CCN(CC)C(=O)[C@H](c1ccccc1)[S@@](=O)C1CCOCC1. The summed E-state index contributed by atoms with van der Waals surface area (Å²) in [6.07, 6.45) is 1.53. The molecule has 0 radical (unpaired) electrons. The molecule has 22 heavy (non-hydrogen) atoms. The number of ether oxygens (including phenoxy) is 1. The number of rotatable bonds is 6. The summed E-state index contributed by atoms with van der Waals surface area (Å²) < 4.78 is 18.4. The fraction of sp³-hybridized carbons (Fsp3) is 0.588. The van der Waals surface area contributed by atoms with E-state index in [1.165, 1.54) is 0 Å². The Kier molecular flexibility index (Phi) is 6.58. The van der Waals surface area contributed by atoms with Crippen molar-refractivity contribution in [1.29, 1.82) is 0 Å². The van der Waals surface area contributed by atoms with Gasteiger partial charge in [0, 0.05) is 42.4 Å². The van der Waals surface area contributed by atoms with Crippen LogP contribution in [0.1, 0.15) is 37.5 Å². The highest BCUT2D eigenvalue weighted by Gasteiger charge is 2.35. The Hall–Kier alpha value is -1.20. The van der Waals surface area contributed by atoms with Gasteiger partial charge in [-0.3, -0.25) is 9.00 Å². The van der Waals surface area contributed by atoms with Gasteiger partial charge in [-0.05, 0) is 32.3 Å². The molecule has 0 unspecified atom stereocenters. The van der Waals surface area contributed by atoms with E-state index >= 15 is 0 Å². The van der Waals surface area contributed by atoms with Crippen LogP contribution in [0, 0.1) is 0 Å². The van der Waals surface area contributed by atoms with Crippen molar-refractivity contribution in [2.45, 2.75) is 37.2 Å². The minimum absolute atomic E-state index is 0.0268. The van der Waals surface area contributed by atoms with Gasteiger partial charge in [-0.15, -0.1) is 0 Å². The summed E-state index contributed by atoms with van der Waals surface area (Å²) in [5.74, 6) is -0.0268. The molecule has 2 atom stereocenters. The molecule has 0 spiro atoms. The largest absolute Gasteiger partial charge is 0.381 e. The summed E-state index contributed by atoms with van der Waals surface area (Å²) in [7, 11) is -1.22. The van der Waals surface area contributed by atoms with Crippen molar-refractivity contribution in [2.75, 3.05) is 26.3 Å². The van der Waals surface area contributed by atoms with E-state index in [0.717, 1.165) is 18.4 Å². The second kappa shape index (κ2) is 8.44. The number of hydrogen-bond donors (Lipinski definition) is 0. The molecule has 1 fully saturated rings. The molecule has 2 rings (SSSR count). The molecule has 1 aromatic rings. The van der Waals surface area contributed by atoms with Crippen molar-refractivity contribution >= 4 is 16.7 Å². The second-order valence-electron chi connectivity index (χ2n) is 5.44. The predicted molar refractivity (Wildman–Crippen MR) is 89.1 cm³/mol. The van der Waals surface area contributed by atoms with E-state index in [-0.39, 0.29) is 11.2 Å². The van der Waals surface area contributed by atoms with Crippen LogP contribution in [0.4, 0.5) is 0 Å². The van der Waals surface area contributed by atoms with E-state index in [1.807, 2.05) is 44.2 Å². The zero-order valence-electron chi connectivity index (χ0n) is 13.4. The number of nitrogens with zero attached hydrogens (tertiary/aromatic N) is 1. The van der Waals surface area contributed by atoms with Crippen LogP contribution in [-0.2, 0) is 20.3 Å². The molecule has 4 nitrogen and oxygen atoms in total. The van der Waals surface area contributed by atoms with Gasteiger partial charge in [0.05, 0.1) is 0 Å². The fourth-order valence-corrected chi connectivity index (χ4v) is 4.62. The average molecular weight is 323 g/mol. The summed E-state index contributed by atoms with van der Waals surface area (Å²) in [4.78, 5) is 14.7. The molecule has 0 bridgehead atoms. The van der Waals surface area contributed by atoms with Gasteiger partial charge >= 0.3 is 0 Å². The first-order valence-electron chi connectivity index (χ1n) is 7.99. The number of amides is 1. The molecular weight excluding hydrogens is 298 g/mol. The summed E-state index contributed by atoms with van der Waals surface area (Å²) in [5.41, 5.74) is 0.851. The summed E-state index contributed by atoms with van der Waals surface area (Å²) in [6.45, 7) is 6.48. The maximum Gasteiger partial charge on any atom is 0.242 e. The normalized spacial score (nSPS) is 18.6. The molecular formula is C17H25NO3S. The van der Waals surface area contributed by atoms with Crippen molar-refractivity contribution in [3.8, 4) is 0 Å². The topological polar surface area (TPSA) is 46.6 Å².